The number of amides is 2. The normalized spacial score (nSPS) is 22.4. The zero-order chi connectivity index (χ0) is 23.9. The van der Waals surface area contributed by atoms with Gasteiger partial charge in [0.2, 0.25) is 5.91 Å². The number of hydrogen-bond acceptors (Lipinski definition) is 4. The Morgan fingerprint density at radius 2 is 1.62 bits per heavy atom. The van der Waals surface area contributed by atoms with Crippen molar-refractivity contribution in [1.82, 2.24) is 10.2 Å². The largest absolute Gasteiger partial charge is 0.481 e. The minimum atomic E-state index is -0.795. The molecule has 5 rings (SSSR count). The van der Waals surface area contributed by atoms with E-state index in [1.165, 1.54) is 22.3 Å². The molecule has 2 aromatic carbocycles. The van der Waals surface area contributed by atoms with E-state index in [0.717, 1.165) is 6.42 Å². The van der Waals surface area contributed by atoms with E-state index in [0.29, 0.717) is 32.5 Å². The number of nitrogens with zero attached hydrogens (tertiary/aromatic N) is 1. The lowest BCUT2D eigenvalue weighted by molar-refractivity contribution is -0.153. The van der Waals surface area contributed by atoms with Crippen LogP contribution in [-0.4, -0.2) is 54.2 Å². The Morgan fingerprint density at radius 3 is 2.21 bits per heavy atom. The number of nitrogens with one attached hydrogen (secondary N) is 1. The molecule has 1 heterocycles. The fraction of sp³-hybridized carbons (Fsp3) is 0.444. The second kappa shape index (κ2) is 8.78. The zero-order valence-electron chi connectivity index (χ0n) is 19.3. The molecule has 178 valence electrons. The summed E-state index contributed by atoms with van der Waals surface area (Å²) in [5.41, 5.74) is 3.97. The van der Waals surface area contributed by atoms with Crippen molar-refractivity contribution in [2.75, 3.05) is 26.2 Å². The Morgan fingerprint density at radius 1 is 1.03 bits per heavy atom. The summed E-state index contributed by atoms with van der Waals surface area (Å²) < 4.78 is 5.57. The van der Waals surface area contributed by atoms with Crippen molar-refractivity contribution >= 4 is 18.0 Å². The van der Waals surface area contributed by atoms with E-state index < -0.39 is 17.5 Å². The first-order valence-corrected chi connectivity index (χ1v) is 12.0. The summed E-state index contributed by atoms with van der Waals surface area (Å²) in [4.78, 5) is 38.3. The summed E-state index contributed by atoms with van der Waals surface area (Å²) in [6, 6.07) is 16.4. The first-order valence-electron chi connectivity index (χ1n) is 12.0. The monoisotopic (exact) mass is 462 g/mol. The van der Waals surface area contributed by atoms with Crippen LogP contribution in [0.1, 0.15) is 43.2 Å². The van der Waals surface area contributed by atoms with Crippen molar-refractivity contribution in [3.63, 3.8) is 0 Å². The van der Waals surface area contributed by atoms with Gasteiger partial charge >= 0.3 is 12.1 Å². The number of likely N-dealkylation sites (tertiary alicyclic amines) is 1. The maximum Gasteiger partial charge on any atom is 0.407 e. The van der Waals surface area contributed by atoms with Gasteiger partial charge in [0.25, 0.3) is 0 Å². The lowest BCUT2D eigenvalue weighted by Gasteiger charge is -2.36. The summed E-state index contributed by atoms with van der Waals surface area (Å²) >= 11 is 0. The van der Waals surface area contributed by atoms with Crippen LogP contribution in [0.3, 0.4) is 0 Å². The molecule has 2 fully saturated rings. The van der Waals surface area contributed by atoms with Gasteiger partial charge in [0.05, 0.1) is 5.41 Å². The van der Waals surface area contributed by atoms with Gasteiger partial charge in [-0.1, -0.05) is 48.5 Å². The van der Waals surface area contributed by atoms with Gasteiger partial charge in [0.1, 0.15) is 6.61 Å². The highest BCUT2D eigenvalue weighted by Gasteiger charge is 2.47. The Bertz CT molecular complexity index is 1080. The number of carbonyl (C=O) groups excluding carboxylic acids is 2. The van der Waals surface area contributed by atoms with E-state index in [-0.39, 0.29) is 30.3 Å². The molecular formula is C27H30N2O5. The summed E-state index contributed by atoms with van der Waals surface area (Å²) in [5, 5.41) is 12.2. The Hall–Kier alpha value is -3.35. The molecule has 2 aliphatic carbocycles. The van der Waals surface area contributed by atoms with Gasteiger partial charge < -0.3 is 20.1 Å². The third-order valence-corrected chi connectivity index (χ3v) is 7.79. The number of benzene rings is 2. The van der Waals surface area contributed by atoms with Gasteiger partial charge in [-0.05, 0) is 54.4 Å². The van der Waals surface area contributed by atoms with Gasteiger partial charge in [0.15, 0.2) is 0 Å². The average Bonchev–Trinajstić information content (AvgIpc) is 3.56. The van der Waals surface area contributed by atoms with Crippen LogP contribution in [0.15, 0.2) is 48.5 Å². The number of ether oxygens (including phenoxy) is 1. The van der Waals surface area contributed by atoms with E-state index in [4.69, 9.17) is 4.74 Å². The van der Waals surface area contributed by atoms with E-state index in [9.17, 15) is 19.5 Å². The van der Waals surface area contributed by atoms with Gasteiger partial charge in [-0.15, -0.1) is 0 Å². The first-order chi connectivity index (χ1) is 16.4. The fourth-order valence-corrected chi connectivity index (χ4v) is 5.31. The molecule has 0 radical (unpaired) electrons. The predicted molar refractivity (Wildman–Crippen MR) is 126 cm³/mol. The quantitative estimate of drug-likeness (QED) is 0.679. The molecule has 7 heteroatoms. The molecule has 1 saturated heterocycles. The standard InChI is InChI=1S/C27H30N2O5/c1-27(25(31)32)10-12-29(13-11-27)24(30)22-14-17(22)15-28-26(33)34-16-23-20-8-4-2-6-18(20)19-7-3-5-9-21(19)23/h2-9,17,22-23H,10-16H2,1H3,(H,28,33)(H,31,32). The van der Waals surface area contributed by atoms with E-state index >= 15 is 0 Å². The van der Waals surface area contributed by atoms with Crippen LogP contribution in [0.4, 0.5) is 4.79 Å². The van der Waals surface area contributed by atoms with E-state index in [2.05, 4.69) is 29.6 Å². The summed E-state index contributed by atoms with van der Waals surface area (Å²) in [6.45, 7) is 3.38. The van der Waals surface area contributed by atoms with E-state index in [1.807, 2.05) is 24.3 Å². The van der Waals surface area contributed by atoms with Crippen LogP contribution in [0.5, 0.6) is 0 Å². The molecule has 2 amide bonds. The molecule has 1 aliphatic heterocycles. The molecule has 2 aromatic rings. The third-order valence-electron chi connectivity index (χ3n) is 7.79. The summed E-state index contributed by atoms with van der Waals surface area (Å²) in [6.07, 6.45) is 1.23. The highest BCUT2D eigenvalue weighted by molar-refractivity contribution is 5.83. The minimum absolute atomic E-state index is 0.0176. The van der Waals surface area contributed by atoms with Crippen molar-refractivity contribution < 1.29 is 24.2 Å². The predicted octanol–water partition coefficient (Wildman–Crippen LogP) is 3.87. The number of piperidine rings is 1. The highest BCUT2D eigenvalue weighted by Crippen LogP contribution is 2.44. The Labute approximate surface area is 199 Å². The highest BCUT2D eigenvalue weighted by atomic mass is 16.5. The van der Waals surface area contributed by atoms with Crippen LogP contribution in [0.2, 0.25) is 0 Å². The minimum Gasteiger partial charge on any atom is -0.481 e. The number of alkyl carbamates (subject to hydrolysis) is 1. The Balaban J connectivity index is 1.08. The topological polar surface area (TPSA) is 95.9 Å². The third kappa shape index (κ3) is 4.15. The summed E-state index contributed by atoms with van der Waals surface area (Å²) in [7, 11) is 0. The van der Waals surface area contributed by atoms with Crippen molar-refractivity contribution in [2.24, 2.45) is 17.3 Å². The molecule has 2 unspecified atom stereocenters. The number of carboxylic acids is 1. The molecule has 3 aliphatic rings. The molecular weight excluding hydrogens is 432 g/mol. The lowest BCUT2D eigenvalue weighted by atomic mass is 9.80. The molecule has 34 heavy (non-hydrogen) atoms. The van der Waals surface area contributed by atoms with Crippen molar-refractivity contribution in [3.05, 3.63) is 59.7 Å². The number of carboxylic acid groups (broad SMARTS) is 1. The fourth-order valence-electron chi connectivity index (χ4n) is 5.31. The first kappa shape index (κ1) is 22.4. The molecule has 1 saturated carbocycles. The lowest BCUT2D eigenvalue weighted by Crippen LogP contribution is -2.46. The van der Waals surface area contributed by atoms with Gasteiger partial charge in [0, 0.05) is 31.5 Å². The van der Waals surface area contributed by atoms with Crippen LogP contribution in [-0.2, 0) is 14.3 Å². The SMILES string of the molecule is CC1(C(=O)O)CCN(C(=O)C2CC2CNC(=O)OCC2c3ccccc3-c3ccccc32)CC1. The maximum absolute atomic E-state index is 12.8. The number of aliphatic carboxylic acids is 1. The molecule has 0 aromatic heterocycles. The molecule has 7 nitrogen and oxygen atoms in total. The smallest absolute Gasteiger partial charge is 0.407 e. The number of carbonyl (C=O) groups is 3. The second-order valence-electron chi connectivity index (χ2n) is 10.00. The van der Waals surface area contributed by atoms with Crippen LogP contribution < -0.4 is 5.32 Å². The maximum atomic E-state index is 12.8. The molecule has 0 bridgehead atoms. The number of fused-ring (bicyclic) bond motifs is 3. The van der Waals surface area contributed by atoms with E-state index in [1.54, 1.807) is 11.8 Å². The average molecular weight is 463 g/mol. The van der Waals surface area contributed by atoms with Crippen LogP contribution in [0.25, 0.3) is 11.1 Å². The van der Waals surface area contributed by atoms with Crippen LogP contribution >= 0.6 is 0 Å². The second-order valence-corrected chi connectivity index (χ2v) is 10.00. The zero-order valence-corrected chi connectivity index (χ0v) is 19.3. The van der Waals surface area contributed by atoms with Crippen molar-refractivity contribution in [3.8, 4) is 11.1 Å². The number of rotatable bonds is 6. The van der Waals surface area contributed by atoms with Gasteiger partial charge in [-0.25, -0.2) is 4.79 Å². The molecule has 0 spiro atoms. The van der Waals surface area contributed by atoms with Crippen molar-refractivity contribution in [2.45, 2.75) is 32.1 Å². The van der Waals surface area contributed by atoms with Gasteiger partial charge in [-0.2, -0.15) is 0 Å². The molecule has 2 N–H and O–H groups in total. The van der Waals surface area contributed by atoms with Gasteiger partial charge in [-0.3, -0.25) is 9.59 Å². The van der Waals surface area contributed by atoms with Crippen molar-refractivity contribution in [1.29, 1.82) is 0 Å². The summed E-state index contributed by atoms with van der Waals surface area (Å²) in [5.74, 6) is -0.684. The number of hydrogen-bond donors (Lipinski definition) is 2. The Kier molecular flexibility index (Phi) is 5.80. The molecule has 2 atom stereocenters. The van der Waals surface area contributed by atoms with Crippen LogP contribution in [0, 0.1) is 17.3 Å².